The van der Waals surface area contributed by atoms with Gasteiger partial charge in [-0.15, -0.1) is 11.3 Å². The van der Waals surface area contributed by atoms with E-state index in [2.05, 4.69) is 31.6 Å². The summed E-state index contributed by atoms with van der Waals surface area (Å²) in [4.78, 5) is 74.7. The van der Waals surface area contributed by atoms with Crippen LogP contribution in [-0.2, 0) is 25.6 Å². The molecule has 7 atom stereocenters. The van der Waals surface area contributed by atoms with E-state index in [0.29, 0.717) is 24.4 Å². The van der Waals surface area contributed by atoms with Crippen molar-refractivity contribution in [2.24, 2.45) is 11.8 Å². The third kappa shape index (κ3) is 9.41. The van der Waals surface area contributed by atoms with Gasteiger partial charge in [0.1, 0.15) is 34.9 Å². The molecule has 2 bridgehead atoms. The molecule has 0 spiro atoms. The summed E-state index contributed by atoms with van der Waals surface area (Å²) in [7, 11) is 0. The summed E-state index contributed by atoms with van der Waals surface area (Å²) in [5, 5.41) is 36.7. The fourth-order valence-corrected chi connectivity index (χ4v) is 7.36. The molecule has 16 heteroatoms. The number of nitrogens with one attached hydrogen (secondary N) is 5. The number of hydrogen-bond acceptors (Lipinski definition) is 10. The predicted molar refractivity (Wildman–Crippen MR) is 191 cm³/mol. The lowest BCUT2D eigenvalue weighted by Gasteiger charge is -2.33. The van der Waals surface area contributed by atoms with Crippen LogP contribution in [0.25, 0.3) is 0 Å². The Bertz CT molecular complexity index is 1550. The molecule has 7 N–H and O–H groups in total. The molecule has 14 nitrogen and oxygen atoms in total. The number of aliphatic hydroxyl groups excluding tert-OH is 2. The molecule has 4 rings (SSSR count). The molecule has 50 heavy (non-hydrogen) atoms. The van der Waals surface area contributed by atoms with Gasteiger partial charge in [-0.05, 0) is 37.2 Å². The van der Waals surface area contributed by atoms with Crippen molar-refractivity contribution in [1.82, 2.24) is 36.5 Å². The molecule has 272 valence electrons. The van der Waals surface area contributed by atoms with Crippen LogP contribution in [-0.4, -0.2) is 104 Å². The van der Waals surface area contributed by atoms with Crippen LogP contribution in [0, 0.1) is 11.8 Å². The summed E-state index contributed by atoms with van der Waals surface area (Å²) in [6.45, 7) is 8.38. The minimum absolute atomic E-state index is 0.0177. The Balaban J connectivity index is 1.75. The Morgan fingerprint density at radius 2 is 1.48 bits per heavy atom. The summed E-state index contributed by atoms with van der Waals surface area (Å²) in [5.41, 5.74) is 0.748. The van der Waals surface area contributed by atoms with Gasteiger partial charge in [0.25, 0.3) is 5.91 Å². The average Bonchev–Trinajstić information content (AvgIpc) is 3.77. The molecule has 0 unspecified atom stereocenters. The first kappa shape index (κ1) is 38.8. The van der Waals surface area contributed by atoms with Crippen molar-refractivity contribution in [3.63, 3.8) is 0 Å². The van der Waals surface area contributed by atoms with Gasteiger partial charge in [-0.2, -0.15) is 0 Å². The largest absolute Gasteiger partial charge is 0.394 e. The fourth-order valence-electron chi connectivity index (χ4n) is 5.95. The van der Waals surface area contributed by atoms with E-state index in [1.165, 1.54) is 12.3 Å². The van der Waals surface area contributed by atoms with Crippen LogP contribution < -0.4 is 26.6 Å². The number of nitrogens with zero attached hydrogens (tertiary/aromatic N) is 2. The molecule has 1 fully saturated rings. The summed E-state index contributed by atoms with van der Waals surface area (Å²) in [6.07, 6.45) is -0.173. The molecule has 2 aliphatic rings. The number of benzene rings is 1. The first-order valence-electron chi connectivity index (χ1n) is 16.8. The molecular formula is C34H47N7O7S2. The number of thiazole rings is 1. The lowest BCUT2D eigenvalue weighted by Crippen LogP contribution is -2.62. The fraction of sp³-hybridized carbons (Fsp3) is 0.559. The lowest BCUT2D eigenvalue weighted by molar-refractivity contribution is -0.139. The van der Waals surface area contributed by atoms with E-state index < -0.39 is 84.4 Å². The number of aromatic nitrogens is 1. The van der Waals surface area contributed by atoms with E-state index >= 15 is 0 Å². The van der Waals surface area contributed by atoms with Crippen molar-refractivity contribution < 1.29 is 34.2 Å². The van der Waals surface area contributed by atoms with Gasteiger partial charge in [-0.1, -0.05) is 70.2 Å². The summed E-state index contributed by atoms with van der Waals surface area (Å²) in [6, 6.07) is 2.94. The molecule has 2 aromatic rings. The summed E-state index contributed by atoms with van der Waals surface area (Å²) in [5.74, 6) is -3.69. The highest BCUT2D eigenvalue weighted by Crippen LogP contribution is 2.26. The van der Waals surface area contributed by atoms with Crippen molar-refractivity contribution in [1.29, 1.82) is 0 Å². The van der Waals surface area contributed by atoms with E-state index in [9.17, 15) is 34.2 Å². The summed E-state index contributed by atoms with van der Waals surface area (Å²) < 4.78 is 0. The minimum Gasteiger partial charge on any atom is -0.394 e. The Morgan fingerprint density at radius 3 is 2.10 bits per heavy atom. The number of carbonyl (C=O) groups is 5. The second-order valence-electron chi connectivity index (χ2n) is 13.4. The maximum atomic E-state index is 14.0. The van der Waals surface area contributed by atoms with Gasteiger partial charge >= 0.3 is 0 Å². The van der Waals surface area contributed by atoms with E-state index in [1.54, 1.807) is 43.0 Å². The Morgan fingerprint density at radius 1 is 0.860 bits per heavy atom. The number of carbonyl (C=O) groups excluding carboxylic acids is 5. The topological polar surface area (TPSA) is 202 Å². The van der Waals surface area contributed by atoms with Gasteiger partial charge in [0.2, 0.25) is 23.6 Å². The Hall–Kier alpha value is -3.99. The number of hydrogen-bond donors (Lipinski definition) is 7. The van der Waals surface area contributed by atoms with Crippen molar-refractivity contribution in [2.45, 2.75) is 96.2 Å². The smallest absolute Gasteiger partial charge is 0.271 e. The lowest BCUT2D eigenvalue weighted by atomic mass is 10.0. The van der Waals surface area contributed by atoms with Crippen LogP contribution in [0.3, 0.4) is 0 Å². The zero-order chi connectivity index (χ0) is 36.7. The number of amides is 5. The number of fused-ring (bicyclic) bond motifs is 3. The first-order chi connectivity index (χ1) is 23.7. The van der Waals surface area contributed by atoms with E-state index in [1.807, 2.05) is 19.9 Å². The third-order valence-corrected chi connectivity index (χ3v) is 10.2. The number of aliphatic hydroxyl groups is 2. The van der Waals surface area contributed by atoms with E-state index in [4.69, 9.17) is 12.2 Å². The minimum atomic E-state index is -1.46. The van der Waals surface area contributed by atoms with Crippen LogP contribution in [0.2, 0.25) is 0 Å². The zero-order valence-electron chi connectivity index (χ0n) is 28.8. The van der Waals surface area contributed by atoms with Gasteiger partial charge in [0.05, 0.1) is 29.8 Å². The van der Waals surface area contributed by atoms with Crippen molar-refractivity contribution in [2.75, 3.05) is 13.2 Å². The molecule has 0 saturated carbocycles. The van der Waals surface area contributed by atoms with Crippen LogP contribution in [0.15, 0.2) is 35.7 Å². The average molecular weight is 730 g/mol. The van der Waals surface area contributed by atoms with Crippen LogP contribution >= 0.6 is 23.6 Å². The van der Waals surface area contributed by atoms with Gasteiger partial charge in [0.15, 0.2) is 0 Å². The second-order valence-corrected chi connectivity index (χ2v) is 14.7. The quantitative estimate of drug-likeness (QED) is 0.206. The molecule has 0 aliphatic carbocycles. The van der Waals surface area contributed by atoms with E-state index in [0.717, 1.165) is 16.9 Å². The second kappa shape index (κ2) is 17.3. The molecule has 3 heterocycles. The summed E-state index contributed by atoms with van der Waals surface area (Å²) >= 11 is 6.83. The highest BCUT2D eigenvalue weighted by Gasteiger charge is 2.40. The van der Waals surface area contributed by atoms with Gasteiger partial charge in [-0.25, -0.2) is 4.98 Å². The molecule has 5 amide bonds. The molecule has 0 radical (unpaired) electrons. The zero-order valence-corrected chi connectivity index (χ0v) is 30.5. The van der Waals surface area contributed by atoms with E-state index in [-0.39, 0.29) is 23.0 Å². The van der Waals surface area contributed by atoms with Gasteiger partial charge in [-0.3, -0.25) is 24.0 Å². The SMILES string of the molecule is CC(C)[C@@H]1NC(=O)[C@H]([C@H](C)O)NC(=O)[C@@H](Cc2ccccc2)NC(=O)c2csc(n2)[C@@H](C(C)C)NC(=O)[C@H](CO)NC(=S)[C@@H]2CCCN2C1=O. The third-order valence-electron chi connectivity index (χ3n) is 8.84. The van der Waals surface area contributed by atoms with Crippen molar-refractivity contribution in [3.05, 3.63) is 52.0 Å². The number of rotatable bonds is 6. The van der Waals surface area contributed by atoms with Crippen LogP contribution in [0.4, 0.5) is 0 Å². The number of thiocarbonyl (C=S) groups is 1. The Labute approximate surface area is 301 Å². The molecule has 1 aromatic heterocycles. The highest BCUT2D eigenvalue weighted by atomic mass is 32.1. The monoisotopic (exact) mass is 729 g/mol. The molecular weight excluding hydrogens is 683 g/mol. The standard InChI is InChI=1S/C34H47N7O7S2/c1-17(2)25-33-37-23(16-50-33)30(46)35-21(14-20-10-7-6-8-11-20)28(44)40-27(19(5)43)31(47)39-26(18(3)4)34(48)41-13-9-12-24(41)32(49)36-22(15-42)29(45)38-25/h6-8,10-11,16-19,21-22,24-27,42-43H,9,12-15H2,1-5H3,(H,35,46)(H,36,49)(H,38,45)(H,39,47)(H,40,44)/t19-,21+,22-,24-,25+,26-,27-/m0/s1. The Kier molecular flexibility index (Phi) is 13.4. The first-order valence-corrected chi connectivity index (χ1v) is 18.1. The predicted octanol–water partition coefficient (Wildman–Crippen LogP) is 0.586. The molecule has 1 saturated heterocycles. The van der Waals surface area contributed by atoms with Crippen molar-refractivity contribution in [3.8, 4) is 0 Å². The van der Waals surface area contributed by atoms with Crippen LogP contribution in [0.5, 0.6) is 0 Å². The molecule has 1 aromatic carbocycles. The highest BCUT2D eigenvalue weighted by molar-refractivity contribution is 7.80. The maximum absolute atomic E-state index is 14.0. The molecule has 2 aliphatic heterocycles. The van der Waals surface area contributed by atoms with Gasteiger partial charge in [0, 0.05) is 18.3 Å². The van der Waals surface area contributed by atoms with Crippen molar-refractivity contribution >= 4 is 58.1 Å². The normalized spacial score (nSPS) is 26.7. The van der Waals surface area contributed by atoms with Crippen LogP contribution in [0.1, 0.15) is 74.6 Å². The van der Waals surface area contributed by atoms with Gasteiger partial charge < -0.3 is 41.7 Å². The maximum Gasteiger partial charge on any atom is 0.271 e.